The van der Waals surface area contributed by atoms with Crippen molar-refractivity contribution in [2.45, 2.75) is 19.8 Å². The number of allylic oxidation sites excluding steroid dienone is 5. The minimum atomic E-state index is 0.756. The summed E-state index contributed by atoms with van der Waals surface area (Å²) in [5.74, 6) is 0. The fourth-order valence-electron chi connectivity index (χ4n) is 0.894. The molecule has 0 aliphatic heterocycles. The summed E-state index contributed by atoms with van der Waals surface area (Å²) in [6.45, 7) is 6.42. The van der Waals surface area contributed by atoms with Crippen LogP contribution in [0.4, 0.5) is 0 Å². The fourth-order valence-corrected chi connectivity index (χ4v) is 0.894. The van der Waals surface area contributed by atoms with Crippen molar-refractivity contribution >= 4 is 0 Å². The van der Waals surface area contributed by atoms with Crippen LogP contribution in [0.5, 0.6) is 0 Å². The van der Waals surface area contributed by atoms with Crippen LogP contribution in [0, 0.1) is 0 Å². The van der Waals surface area contributed by atoms with Gasteiger partial charge in [-0.1, -0.05) is 30.9 Å². The van der Waals surface area contributed by atoms with Crippen LogP contribution in [0.15, 0.2) is 36.5 Å². The molecule has 0 aromatic rings. The molecular formula is C10H17N. The van der Waals surface area contributed by atoms with Gasteiger partial charge in [0.1, 0.15) is 0 Å². The SMILES string of the molecule is C=C/C=C(\C=C/C)CCCN. The number of nitrogens with two attached hydrogens (primary N) is 1. The number of hydrogen-bond donors (Lipinski definition) is 1. The molecule has 1 heteroatoms. The van der Waals surface area contributed by atoms with Crippen LogP contribution >= 0.6 is 0 Å². The molecule has 0 aliphatic carbocycles. The molecule has 0 saturated heterocycles. The van der Waals surface area contributed by atoms with E-state index >= 15 is 0 Å². The lowest BCUT2D eigenvalue weighted by Crippen LogP contribution is -1.98. The van der Waals surface area contributed by atoms with Crippen LogP contribution in [-0.4, -0.2) is 6.54 Å². The Morgan fingerprint density at radius 1 is 1.55 bits per heavy atom. The number of rotatable bonds is 5. The van der Waals surface area contributed by atoms with Crippen LogP contribution < -0.4 is 5.73 Å². The van der Waals surface area contributed by atoms with Crippen molar-refractivity contribution in [3.63, 3.8) is 0 Å². The summed E-state index contributed by atoms with van der Waals surface area (Å²) in [4.78, 5) is 0. The quantitative estimate of drug-likeness (QED) is 0.600. The summed E-state index contributed by atoms with van der Waals surface area (Å²) in [5.41, 5.74) is 6.69. The molecular weight excluding hydrogens is 134 g/mol. The summed E-state index contributed by atoms with van der Waals surface area (Å²) < 4.78 is 0. The van der Waals surface area contributed by atoms with E-state index in [4.69, 9.17) is 5.73 Å². The predicted molar refractivity (Wildman–Crippen MR) is 51.4 cm³/mol. The summed E-state index contributed by atoms with van der Waals surface area (Å²) in [5, 5.41) is 0. The third kappa shape index (κ3) is 5.62. The molecule has 0 aromatic heterocycles. The van der Waals surface area contributed by atoms with Gasteiger partial charge in [-0.15, -0.1) is 0 Å². The second-order valence-electron chi connectivity index (χ2n) is 2.37. The number of hydrogen-bond acceptors (Lipinski definition) is 1. The maximum atomic E-state index is 5.39. The molecule has 0 aliphatic rings. The van der Waals surface area contributed by atoms with Gasteiger partial charge in [0.15, 0.2) is 0 Å². The second kappa shape index (κ2) is 7.29. The van der Waals surface area contributed by atoms with Crippen LogP contribution in [0.3, 0.4) is 0 Å². The summed E-state index contributed by atoms with van der Waals surface area (Å²) in [6, 6.07) is 0. The van der Waals surface area contributed by atoms with Crippen molar-refractivity contribution < 1.29 is 0 Å². The molecule has 0 aromatic carbocycles. The summed E-state index contributed by atoms with van der Waals surface area (Å²) >= 11 is 0. The van der Waals surface area contributed by atoms with Crippen LogP contribution in [0.1, 0.15) is 19.8 Å². The Labute approximate surface area is 69.3 Å². The smallest absolute Gasteiger partial charge is 0.00741 e. The molecule has 0 bridgehead atoms. The molecule has 2 N–H and O–H groups in total. The fraction of sp³-hybridized carbons (Fsp3) is 0.400. The predicted octanol–water partition coefficient (Wildman–Crippen LogP) is 2.41. The highest BCUT2D eigenvalue weighted by molar-refractivity contribution is 5.22. The lowest BCUT2D eigenvalue weighted by Gasteiger charge is -1.97. The van der Waals surface area contributed by atoms with E-state index in [1.165, 1.54) is 5.57 Å². The molecule has 0 radical (unpaired) electrons. The third-order valence-corrected chi connectivity index (χ3v) is 1.38. The van der Waals surface area contributed by atoms with E-state index in [0.29, 0.717) is 0 Å². The zero-order chi connectivity index (χ0) is 8.53. The molecule has 0 unspecified atom stereocenters. The van der Waals surface area contributed by atoms with Crippen molar-refractivity contribution in [1.82, 2.24) is 0 Å². The van der Waals surface area contributed by atoms with E-state index in [1.807, 2.05) is 25.2 Å². The standard InChI is InChI=1S/C10H17N/c1-3-6-10(7-4-2)8-5-9-11/h3-4,6-7H,1,5,8-9,11H2,2H3/b7-4-,10-6+. The van der Waals surface area contributed by atoms with Gasteiger partial charge in [0.25, 0.3) is 0 Å². The molecule has 0 fully saturated rings. The van der Waals surface area contributed by atoms with Crippen molar-refractivity contribution in [2.24, 2.45) is 5.73 Å². The van der Waals surface area contributed by atoms with Gasteiger partial charge in [-0.3, -0.25) is 0 Å². The molecule has 0 spiro atoms. The van der Waals surface area contributed by atoms with E-state index in [-0.39, 0.29) is 0 Å². The maximum Gasteiger partial charge on any atom is -0.00741 e. The third-order valence-electron chi connectivity index (χ3n) is 1.38. The van der Waals surface area contributed by atoms with Crippen molar-refractivity contribution in [3.8, 4) is 0 Å². The summed E-state index contributed by atoms with van der Waals surface area (Å²) in [6.07, 6.45) is 10.1. The van der Waals surface area contributed by atoms with Gasteiger partial charge >= 0.3 is 0 Å². The first-order chi connectivity index (χ1) is 5.35. The van der Waals surface area contributed by atoms with Crippen LogP contribution in [0.25, 0.3) is 0 Å². The van der Waals surface area contributed by atoms with Gasteiger partial charge in [-0.25, -0.2) is 0 Å². The minimum absolute atomic E-state index is 0.756. The minimum Gasteiger partial charge on any atom is -0.330 e. The van der Waals surface area contributed by atoms with Crippen molar-refractivity contribution in [3.05, 3.63) is 36.5 Å². The molecule has 62 valence electrons. The van der Waals surface area contributed by atoms with Crippen LogP contribution in [-0.2, 0) is 0 Å². The molecule has 0 rings (SSSR count). The molecule has 0 atom stereocenters. The van der Waals surface area contributed by atoms with E-state index in [0.717, 1.165) is 19.4 Å². The Bertz CT molecular complexity index is 154. The topological polar surface area (TPSA) is 26.0 Å². The molecule has 11 heavy (non-hydrogen) atoms. The molecule has 0 saturated carbocycles. The Kier molecular flexibility index (Phi) is 6.75. The van der Waals surface area contributed by atoms with E-state index in [2.05, 4.69) is 12.7 Å². The van der Waals surface area contributed by atoms with Gasteiger partial charge in [0.2, 0.25) is 0 Å². The van der Waals surface area contributed by atoms with E-state index in [9.17, 15) is 0 Å². The second-order valence-corrected chi connectivity index (χ2v) is 2.37. The van der Waals surface area contributed by atoms with Gasteiger partial charge in [0, 0.05) is 0 Å². The van der Waals surface area contributed by atoms with Crippen molar-refractivity contribution in [2.75, 3.05) is 6.54 Å². The zero-order valence-electron chi connectivity index (χ0n) is 7.22. The van der Waals surface area contributed by atoms with Gasteiger partial charge in [-0.2, -0.15) is 0 Å². The van der Waals surface area contributed by atoms with E-state index in [1.54, 1.807) is 0 Å². The first kappa shape index (κ1) is 10.2. The molecule has 1 nitrogen and oxygen atoms in total. The molecule has 0 amide bonds. The molecule has 0 heterocycles. The normalized spacial score (nSPS) is 12.4. The van der Waals surface area contributed by atoms with E-state index < -0.39 is 0 Å². The van der Waals surface area contributed by atoms with Crippen molar-refractivity contribution in [1.29, 1.82) is 0 Å². The summed E-state index contributed by atoms with van der Waals surface area (Å²) in [7, 11) is 0. The highest BCUT2D eigenvalue weighted by Gasteiger charge is 1.88. The van der Waals surface area contributed by atoms with Gasteiger partial charge in [-0.05, 0) is 31.9 Å². The monoisotopic (exact) mass is 151 g/mol. The largest absolute Gasteiger partial charge is 0.330 e. The maximum absolute atomic E-state index is 5.39. The van der Waals surface area contributed by atoms with Crippen LogP contribution in [0.2, 0.25) is 0 Å². The van der Waals surface area contributed by atoms with Gasteiger partial charge in [0.05, 0.1) is 0 Å². The Hall–Kier alpha value is -0.820. The Balaban J connectivity index is 3.89. The average molecular weight is 151 g/mol. The highest BCUT2D eigenvalue weighted by atomic mass is 14.5. The Morgan fingerprint density at radius 3 is 2.73 bits per heavy atom. The Morgan fingerprint density at radius 2 is 2.27 bits per heavy atom. The van der Waals surface area contributed by atoms with Gasteiger partial charge < -0.3 is 5.73 Å². The first-order valence-corrected chi connectivity index (χ1v) is 3.99. The lowest BCUT2D eigenvalue weighted by atomic mass is 10.1. The zero-order valence-corrected chi connectivity index (χ0v) is 7.22. The first-order valence-electron chi connectivity index (χ1n) is 3.99. The lowest BCUT2D eigenvalue weighted by molar-refractivity contribution is 0.835. The average Bonchev–Trinajstić information content (AvgIpc) is 2.01. The highest BCUT2D eigenvalue weighted by Crippen LogP contribution is 2.05.